The van der Waals surface area contributed by atoms with E-state index in [4.69, 9.17) is 4.74 Å². The molecule has 0 atom stereocenters. The average molecular weight is 380 g/mol. The molecule has 0 aliphatic heterocycles. The molecule has 3 aromatic rings. The van der Waals surface area contributed by atoms with Crippen LogP contribution in [-0.4, -0.2) is 31.9 Å². The number of rotatable bonds is 5. The average Bonchev–Trinajstić information content (AvgIpc) is 3.11. The number of halogens is 3. The molecule has 0 saturated heterocycles. The lowest BCUT2D eigenvalue weighted by molar-refractivity contribution is -0.143. The molecule has 27 heavy (non-hydrogen) atoms. The number of carbonyl (C=O) groups excluding carboxylic acids is 1. The van der Waals surface area contributed by atoms with Gasteiger partial charge < -0.3 is 4.74 Å². The Bertz CT molecular complexity index is 989. The van der Waals surface area contributed by atoms with E-state index in [2.05, 4.69) is 10.1 Å². The smallest absolute Gasteiger partial charge is 0.417 e. The van der Waals surface area contributed by atoms with Gasteiger partial charge in [0.1, 0.15) is 11.5 Å². The normalized spacial score (nSPS) is 11.9. The van der Waals surface area contributed by atoms with E-state index in [-0.39, 0.29) is 12.4 Å². The highest BCUT2D eigenvalue weighted by molar-refractivity contribution is 5.79. The molecule has 0 saturated carbocycles. The summed E-state index contributed by atoms with van der Waals surface area (Å²) in [5, 5.41) is 4.77. The number of hydrogen-bond acceptors (Lipinski definition) is 4. The second kappa shape index (κ2) is 7.05. The lowest BCUT2D eigenvalue weighted by Gasteiger charge is -2.10. The molecular weight excluding hydrogens is 361 g/mol. The lowest BCUT2D eigenvalue weighted by Crippen LogP contribution is -2.09. The molecule has 0 aliphatic carbocycles. The molecule has 0 aliphatic rings. The maximum absolute atomic E-state index is 12.9. The molecule has 144 valence electrons. The third-order valence-corrected chi connectivity index (χ3v) is 4.28. The van der Waals surface area contributed by atoms with E-state index in [1.807, 2.05) is 6.92 Å². The number of aromatic nitrogens is 4. The standard InChI is InChI=1S/C18H19F3N4O2/c1-4-27-15(26)6-5-14-11(2)23-24(3)17(14)25-8-7-12-9-13(18(19,20)21)10-22-16(12)25/h7-10H,4-6H2,1-3H3. The molecule has 0 aromatic carbocycles. The van der Waals surface area contributed by atoms with Crippen LogP contribution in [0.3, 0.4) is 0 Å². The van der Waals surface area contributed by atoms with E-state index in [0.717, 1.165) is 23.5 Å². The van der Waals surface area contributed by atoms with E-state index in [1.165, 1.54) is 0 Å². The number of alkyl halides is 3. The minimum atomic E-state index is -4.45. The number of fused-ring (bicyclic) bond motifs is 1. The van der Waals surface area contributed by atoms with Crippen molar-refractivity contribution in [3.63, 3.8) is 0 Å². The first-order valence-corrected chi connectivity index (χ1v) is 8.45. The van der Waals surface area contributed by atoms with Crippen molar-refractivity contribution in [2.24, 2.45) is 7.05 Å². The van der Waals surface area contributed by atoms with Gasteiger partial charge in [-0.05, 0) is 32.4 Å². The predicted molar refractivity (Wildman–Crippen MR) is 92.5 cm³/mol. The van der Waals surface area contributed by atoms with Gasteiger partial charge in [0.2, 0.25) is 0 Å². The fourth-order valence-corrected chi connectivity index (χ4v) is 3.09. The quantitative estimate of drug-likeness (QED) is 0.635. The van der Waals surface area contributed by atoms with Gasteiger partial charge in [0.05, 0.1) is 17.9 Å². The first-order valence-electron chi connectivity index (χ1n) is 8.45. The minimum Gasteiger partial charge on any atom is -0.466 e. The second-order valence-electron chi connectivity index (χ2n) is 6.14. The Hall–Kier alpha value is -2.84. The summed E-state index contributed by atoms with van der Waals surface area (Å²) >= 11 is 0. The number of pyridine rings is 1. The maximum atomic E-state index is 12.9. The van der Waals surface area contributed by atoms with Gasteiger partial charge in [-0.3, -0.25) is 14.0 Å². The van der Waals surface area contributed by atoms with Crippen molar-refractivity contribution in [2.45, 2.75) is 32.9 Å². The van der Waals surface area contributed by atoms with Crippen LogP contribution in [0.5, 0.6) is 0 Å². The number of ether oxygens (including phenoxy) is 1. The molecule has 3 heterocycles. The van der Waals surface area contributed by atoms with Crippen LogP contribution in [-0.2, 0) is 29.2 Å². The maximum Gasteiger partial charge on any atom is 0.417 e. The highest BCUT2D eigenvalue weighted by atomic mass is 19.4. The van der Waals surface area contributed by atoms with Gasteiger partial charge >= 0.3 is 12.1 Å². The Morgan fingerprint density at radius 1 is 1.33 bits per heavy atom. The molecule has 3 aromatic heterocycles. The molecule has 0 fully saturated rings. The largest absolute Gasteiger partial charge is 0.466 e. The third kappa shape index (κ3) is 3.67. The van der Waals surface area contributed by atoms with Crippen molar-refractivity contribution in [3.05, 3.63) is 41.3 Å². The highest BCUT2D eigenvalue weighted by Crippen LogP contribution is 2.32. The van der Waals surface area contributed by atoms with E-state index in [1.54, 1.807) is 35.5 Å². The highest BCUT2D eigenvalue weighted by Gasteiger charge is 2.31. The first kappa shape index (κ1) is 18.9. The summed E-state index contributed by atoms with van der Waals surface area (Å²) in [7, 11) is 1.74. The summed E-state index contributed by atoms with van der Waals surface area (Å²) < 4.78 is 47.0. The van der Waals surface area contributed by atoms with Crippen LogP contribution in [0, 0.1) is 6.92 Å². The zero-order valence-corrected chi connectivity index (χ0v) is 15.2. The molecule has 0 spiro atoms. The molecule has 0 amide bonds. The van der Waals surface area contributed by atoms with Gasteiger partial charge in [-0.15, -0.1) is 0 Å². The van der Waals surface area contributed by atoms with Crippen molar-refractivity contribution >= 4 is 17.0 Å². The summed E-state index contributed by atoms with van der Waals surface area (Å²) in [6.45, 7) is 3.88. The third-order valence-electron chi connectivity index (χ3n) is 4.28. The molecule has 6 nitrogen and oxygen atoms in total. The summed E-state index contributed by atoms with van der Waals surface area (Å²) in [6, 6.07) is 2.65. The van der Waals surface area contributed by atoms with Crippen LogP contribution in [0.15, 0.2) is 24.5 Å². The molecule has 0 unspecified atom stereocenters. The summed E-state index contributed by atoms with van der Waals surface area (Å²) in [6.07, 6.45) is -1.37. The zero-order valence-electron chi connectivity index (χ0n) is 15.2. The van der Waals surface area contributed by atoms with Crippen LogP contribution < -0.4 is 0 Å². The molecule has 0 radical (unpaired) electrons. The van der Waals surface area contributed by atoms with Crippen LogP contribution in [0.1, 0.15) is 30.2 Å². The van der Waals surface area contributed by atoms with Crippen molar-refractivity contribution < 1.29 is 22.7 Å². The molecular formula is C18H19F3N4O2. The summed E-state index contributed by atoms with van der Waals surface area (Å²) in [5.41, 5.74) is 1.16. The molecule has 3 rings (SSSR count). The topological polar surface area (TPSA) is 61.9 Å². The van der Waals surface area contributed by atoms with Gasteiger partial charge in [-0.25, -0.2) is 4.98 Å². The van der Waals surface area contributed by atoms with Crippen molar-refractivity contribution in [1.82, 2.24) is 19.3 Å². The van der Waals surface area contributed by atoms with Crippen LogP contribution in [0.25, 0.3) is 16.9 Å². The van der Waals surface area contributed by atoms with Gasteiger partial charge in [-0.2, -0.15) is 18.3 Å². The fourth-order valence-electron chi connectivity index (χ4n) is 3.09. The first-order chi connectivity index (χ1) is 12.7. The monoisotopic (exact) mass is 380 g/mol. The number of hydrogen-bond donors (Lipinski definition) is 0. The number of carbonyl (C=O) groups is 1. The van der Waals surface area contributed by atoms with Crippen LogP contribution in [0.4, 0.5) is 13.2 Å². The fraction of sp³-hybridized carbons (Fsp3) is 0.389. The van der Waals surface area contributed by atoms with Crippen LogP contribution in [0.2, 0.25) is 0 Å². The number of esters is 1. The molecule has 0 bridgehead atoms. The van der Waals surface area contributed by atoms with E-state index < -0.39 is 11.7 Å². The van der Waals surface area contributed by atoms with Crippen molar-refractivity contribution in [1.29, 1.82) is 0 Å². The van der Waals surface area contributed by atoms with Gasteiger partial charge in [0.15, 0.2) is 0 Å². The SMILES string of the molecule is CCOC(=O)CCc1c(C)nn(C)c1-n1ccc2cc(C(F)(F)F)cnc21. The summed E-state index contributed by atoms with van der Waals surface area (Å²) in [4.78, 5) is 15.7. The van der Waals surface area contributed by atoms with Gasteiger partial charge in [0, 0.05) is 36.8 Å². The zero-order chi connectivity index (χ0) is 19.8. The second-order valence-corrected chi connectivity index (χ2v) is 6.14. The summed E-state index contributed by atoms with van der Waals surface area (Å²) in [5.74, 6) is 0.357. The Morgan fingerprint density at radius 3 is 2.74 bits per heavy atom. The Labute approximate surface area is 153 Å². The number of nitrogens with zero attached hydrogens (tertiary/aromatic N) is 4. The Balaban J connectivity index is 2.02. The predicted octanol–water partition coefficient (Wildman–Crippen LogP) is 3.58. The van der Waals surface area contributed by atoms with Crippen molar-refractivity contribution in [3.8, 4) is 5.82 Å². The molecule has 0 N–H and O–H groups in total. The van der Waals surface area contributed by atoms with Gasteiger partial charge in [-0.1, -0.05) is 0 Å². The van der Waals surface area contributed by atoms with Crippen LogP contribution >= 0.6 is 0 Å². The minimum absolute atomic E-state index is 0.193. The van der Waals surface area contributed by atoms with E-state index in [0.29, 0.717) is 29.9 Å². The van der Waals surface area contributed by atoms with E-state index >= 15 is 0 Å². The number of aryl methyl sites for hydroxylation is 2. The Morgan fingerprint density at radius 2 is 2.07 bits per heavy atom. The van der Waals surface area contributed by atoms with Crippen molar-refractivity contribution in [2.75, 3.05) is 6.61 Å². The lowest BCUT2D eigenvalue weighted by atomic mass is 10.1. The Kier molecular flexibility index (Phi) is 4.95. The van der Waals surface area contributed by atoms with E-state index in [9.17, 15) is 18.0 Å². The van der Waals surface area contributed by atoms with Gasteiger partial charge in [0.25, 0.3) is 0 Å². The molecule has 9 heteroatoms.